The highest BCUT2D eigenvalue weighted by Gasteiger charge is 2.38. The molecule has 88 valence electrons. The molecule has 1 aromatic rings. The summed E-state index contributed by atoms with van der Waals surface area (Å²) in [5, 5.41) is -0.125. The van der Waals surface area contributed by atoms with Crippen LogP contribution in [0.1, 0.15) is 36.6 Å². The predicted octanol–water partition coefficient (Wildman–Crippen LogP) is 3.88. The molecule has 0 spiro atoms. The molecule has 0 saturated heterocycles. The van der Waals surface area contributed by atoms with Gasteiger partial charge in [-0.2, -0.15) is 0 Å². The molecular formula is C13H20O2Si. The van der Waals surface area contributed by atoms with Crippen LogP contribution < -0.4 is 4.43 Å². The molecule has 1 rings (SSSR count). The topological polar surface area (TPSA) is 26.3 Å². The van der Waals surface area contributed by atoms with Crippen molar-refractivity contribution in [1.29, 1.82) is 0 Å². The van der Waals surface area contributed by atoms with E-state index in [9.17, 15) is 4.79 Å². The molecule has 0 atom stereocenters. The van der Waals surface area contributed by atoms with E-state index in [4.69, 9.17) is 9.91 Å². The first-order valence-electron chi connectivity index (χ1n) is 7.18. The molecule has 1 aromatic carbocycles. The van der Waals surface area contributed by atoms with Gasteiger partial charge >= 0.3 is 0 Å². The van der Waals surface area contributed by atoms with Crippen molar-refractivity contribution in [2.45, 2.75) is 38.9 Å². The number of carbonyl (C=O) groups is 1. The summed E-state index contributed by atoms with van der Waals surface area (Å²) in [6.45, 7) is 10.00. The molecule has 0 aliphatic heterocycles. The molecule has 0 saturated carbocycles. The number of benzene rings is 1. The van der Waals surface area contributed by atoms with Gasteiger partial charge in [0, 0.05) is 5.56 Å². The van der Waals surface area contributed by atoms with Crippen LogP contribution in [-0.4, -0.2) is 14.6 Å². The standard InChI is InChI=1S/C13H20O2Si/c1-13(2,3)16(4,5)15-12-8-6-11(10-14)7-9-12/h6-10H,1-5H3/i6D,7D,8D,9D. The number of aldehydes is 1. The maximum Gasteiger partial charge on any atom is 0.250 e. The predicted molar refractivity (Wildman–Crippen MR) is 69.7 cm³/mol. The van der Waals surface area contributed by atoms with Crippen molar-refractivity contribution in [2.75, 3.05) is 0 Å². The van der Waals surface area contributed by atoms with Gasteiger partial charge in [0.1, 0.15) is 12.0 Å². The fourth-order valence-corrected chi connectivity index (χ4v) is 1.75. The second kappa shape index (κ2) is 4.42. The van der Waals surface area contributed by atoms with Crippen LogP contribution in [0.15, 0.2) is 24.2 Å². The maximum absolute atomic E-state index is 10.9. The Hall–Kier alpha value is -1.09. The van der Waals surface area contributed by atoms with Gasteiger partial charge in [-0.05, 0) is 42.3 Å². The average molecular weight is 240 g/mol. The monoisotopic (exact) mass is 240 g/mol. The summed E-state index contributed by atoms with van der Waals surface area (Å²) >= 11 is 0. The Kier molecular flexibility index (Phi) is 2.23. The molecular weight excluding hydrogens is 216 g/mol. The Morgan fingerprint density at radius 1 is 1.25 bits per heavy atom. The molecule has 3 heteroatoms. The summed E-state index contributed by atoms with van der Waals surface area (Å²) in [6.07, 6.45) is 0.344. The quantitative estimate of drug-likeness (QED) is 0.592. The van der Waals surface area contributed by atoms with Crippen LogP contribution in [0.2, 0.25) is 18.1 Å². The van der Waals surface area contributed by atoms with Crippen molar-refractivity contribution in [1.82, 2.24) is 0 Å². The van der Waals surface area contributed by atoms with Crippen molar-refractivity contribution >= 4 is 14.6 Å². The van der Waals surface area contributed by atoms with Crippen molar-refractivity contribution in [3.05, 3.63) is 29.7 Å². The third-order valence-electron chi connectivity index (χ3n) is 2.90. The van der Waals surface area contributed by atoms with Gasteiger partial charge in [-0.15, -0.1) is 0 Å². The Labute approximate surface area is 104 Å². The minimum absolute atomic E-state index is 0.0582. The summed E-state index contributed by atoms with van der Waals surface area (Å²) in [5.41, 5.74) is -0.234. The summed E-state index contributed by atoms with van der Waals surface area (Å²) in [6, 6.07) is -1.29. The van der Waals surface area contributed by atoms with Crippen molar-refractivity contribution in [3.8, 4) is 5.75 Å². The fourth-order valence-electron chi connectivity index (χ4n) is 0.829. The second-order valence-corrected chi connectivity index (χ2v) is 9.95. The van der Waals surface area contributed by atoms with E-state index in [0.29, 0.717) is 6.29 Å². The second-order valence-electron chi connectivity index (χ2n) is 5.22. The fraction of sp³-hybridized carbons (Fsp3) is 0.462. The maximum atomic E-state index is 10.9. The van der Waals surface area contributed by atoms with Gasteiger partial charge in [0.05, 0.1) is 5.48 Å². The first-order valence-corrected chi connectivity index (χ1v) is 8.09. The Bertz CT molecular complexity index is 521. The van der Waals surface area contributed by atoms with Gasteiger partial charge in [0.15, 0.2) is 0 Å². The summed E-state index contributed by atoms with van der Waals surface area (Å²) in [5.74, 6) is -0.0582. The zero-order valence-electron chi connectivity index (χ0n) is 14.4. The zero-order chi connectivity index (χ0) is 15.9. The molecule has 0 unspecified atom stereocenters. The van der Waals surface area contributed by atoms with Gasteiger partial charge in [-0.25, -0.2) is 0 Å². The molecule has 0 aromatic heterocycles. The number of rotatable bonds is 3. The van der Waals surface area contributed by atoms with Crippen molar-refractivity contribution in [3.63, 3.8) is 0 Å². The lowest BCUT2D eigenvalue weighted by atomic mass is 10.2. The van der Waals surface area contributed by atoms with E-state index in [0.717, 1.165) is 0 Å². The Morgan fingerprint density at radius 3 is 2.12 bits per heavy atom. The minimum Gasteiger partial charge on any atom is -0.544 e. The van der Waals surface area contributed by atoms with Crippen LogP contribution in [0.3, 0.4) is 0 Å². The van der Waals surface area contributed by atoms with Gasteiger partial charge in [-0.1, -0.05) is 20.8 Å². The molecule has 0 aliphatic carbocycles. The van der Waals surface area contributed by atoms with Crippen molar-refractivity contribution in [2.24, 2.45) is 0 Å². The minimum atomic E-state index is -2.28. The molecule has 0 bridgehead atoms. The molecule has 2 nitrogen and oxygen atoms in total. The highest BCUT2D eigenvalue weighted by Crippen LogP contribution is 2.37. The van der Waals surface area contributed by atoms with Gasteiger partial charge in [-0.3, -0.25) is 4.79 Å². The number of carbonyl (C=O) groups excluding carboxylic acids is 1. The van der Waals surface area contributed by atoms with E-state index in [1.807, 2.05) is 33.9 Å². The van der Waals surface area contributed by atoms with Gasteiger partial charge in [0.25, 0.3) is 0 Å². The first-order chi connectivity index (χ1) is 8.94. The van der Waals surface area contributed by atoms with Crippen LogP contribution in [0, 0.1) is 0 Å². The lowest BCUT2D eigenvalue weighted by Crippen LogP contribution is -2.43. The van der Waals surface area contributed by atoms with E-state index in [1.54, 1.807) is 0 Å². The van der Waals surface area contributed by atoms with Crippen LogP contribution in [0.25, 0.3) is 0 Å². The Morgan fingerprint density at radius 2 is 1.75 bits per heavy atom. The number of hydrogen-bond acceptors (Lipinski definition) is 2. The van der Waals surface area contributed by atoms with Crippen LogP contribution >= 0.6 is 0 Å². The van der Waals surface area contributed by atoms with Gasteiger partial charge in [0.2, 0.25) is 8.32 Å². The summed E-state index contributed by atoms with van der Waals surface area (Å²) in [4.78, 5) is 10.9. The summed E-state index contributed by atoms with van der Waals surface area (Å²) < 4.78 is 37.2. The molecule has 0 aliphatic rings. The van der Waals surface area contributed by atoms with E-state index in [1.165, 1.54) is 0 Å². The average Bonchev–Trinajstić information content (AvgIpc) is 2.31. The lowest BCUT2D eigenvalue weighted by molar-refractivity contribution is 0.112. The highest BCUT2D eigenvalue weighted by atomic mass is 28.4. The third-order valence-corrected chi connectivity index (χ3v) is 7.23. The SMILES string of the molecule is [2H]c1c([2H])c(O[Si](C)(C)C(C)(C)C)c([2H])c([2H])c1C=O. The van der Waals surface area contributed by atoms with E-state index >= 15 is 0 Å². The first kappa shape index (κ1) is 8.07. The highest BCUT2D eigenvalue weighted by molar-refractivity contribution is 6.74. The van der Waals surface area contributed by atoms with Crippen LogP contribution in [0.5, 0.6) is 5.75 Å². The molecule has 0 N–H and O–H groups in total. The van der Waals surface area contributed by atoms with Crippen molar-refractivity contribution < 1.29 is 14.7 Å². The lowest BCUT2D eigenvalue weighted by Gasteiger charge is -2.36. The third kappa shape index (κ3) is 2.95. The normalized spacial score (nSPS) is 15.8. The molecule has 0 heterocycles. The summed E-state index contributed by atoms with van der Waals surface area (Å²) in [7, 11) is -2.28. The van der Waals surface area contributed by atoms with Crippen LogP contribution in [0.4, 0.5) is 0 Å². The van der Waals surface area contributed by atoms with Gasteiger partial charge < -0.3 is 4.43 Å². The van der Waals surface area contributed by atoms with E-state index in [2.05, 4.69) is 0 Å². The smallest absolute Gasteiger partial charge is 0.250 e. The molecule has 16 heavy (non-hydrogen) atoms. The van der Waals surface area contributed by atoms with Crippen LogP contribution in [-0.2, 0) is 0 Å². The van der Waals surface area contributed by atoms with E-state index < -0.39 is 8.32 Å². The zero-order valence-corrected chi connectivity index (χ0v) is 11.4. The van der Waals surface area contributed by atoms with E-state index in [-0.39, 0.29) is 40.5 Å². The largest absolute Gasteiger partial charge is 0.544 e. The molecule has 0 radical (unpaired) electrons. The molecule has 0 fully saturated rings. The Balaban J connectivity index is 3.46. The molecule has 0 amide bonds. The number of hydrogen-bond donors (Lipinski definition) is 0.